The number of carbonyl (C=O) groups excluding carboxylic acids is 3. The number of nitrogens with zero attached hydrogens (tertiary/aromatic N) is 2. The summed E-state index contributed by atoms with van der Waals surface area (Å²) in [6, 6.07) is 0.927. The second kappa shape index (κ2) is 10.3. The lowest BCUT2D eigenvalue weighted by molar-refractivity contribution is -0.136. The Morgan fingerprint density at radius 2 is 2.14 bits per heavy atom. The van der Waals surface area contributed by atoms with Crippen molar-refractivity contribution in [1.29, 1.82) is 0 Å². The van der Waals surface area contributed by atoms with E-state index in [9.17, 15) is 14.4 Å². The number of pyridine rings is 1. The van der Waals surface area contributed by atoms with E-state index in [1.807, 2.05) is 13.8 Å². The van der Waals surface area contributed by atoms with Crippen molar-refractivity contribution in [3.8, 4) is 0 Å². The van der Waals surface area contributed by atoms with Crippen molar-refractivity contribution in [2.75, 3.05) is 26.7 Å². The number of carbonyl (C=O) groups is 3. The molecule has 3 amide bonds. The molecule has 2 heterocycles. The van der Waals surface area contributed by atoms with Gasteiger partial charge in [-0.05, 0) is 30.7 Å². The van der Waals surface area contributed by atoms with Crippen LogP contribution in [0.25, 0.3) is 0 Å². The van der Waals surface area contributed by atoms with E-state index < -0.39 is 12.1 Å². The molecule has 154 valence electrons. The number of rotatable bonds is 6. The van der Waals surface area contributed by atoms with Crippen LogP contribution in [0.5, 0.6) is 0 Å². The molecule has 28 heavy (non-hydrogen) atoms. The summed E-state index contributed by atoms with van der Waals surface area (Å²) < 4.78 is 4.62. The van der Waals surface area contributed by atoms with Crippen molar-refractivity contribution in [3.63, 3.8) is 0 Å². The number of aromatic nitrogens is 1. The maximum absolute atomic E-state index is 12.9. The molecular weight excluding hydrogens is 384 g/mol. The molecule has 0 radical (unpaired) electrons. The molecule has 1 aromatic heterocycles. The maximum atomic E-state index is 12.9. The summed E-state index contributed by atoms with van der Waals surface area (Å²) in [5, 5.41) is 5.80. The van der Waals surface area contributed by atoms with Gasteiger partial charge in [-0.3, -0.25) is 14.6 Å². The third kappa shape index (κ3) is 5.82. The van der Waals surface area contributed by atoms with Gasteiger partial charge >= 0.3 is 6.09 Å². The smallest absolute Gasteiger partial charge is 0.407 e. The van der Waals surface area contributed by atoms with Gasteiger partial charge in [-0.1, -0.05) is 25.4 Å². The van der Waals surface area contributed by atoms with Crippen LogP contribution < -0.4 is 10.6 Å². The fourth-order valence-corrected chi connectivity index (χ4v) is 3.42. The van der Waals surface area contributed by atoms with E-state index in [2.05, 4.69) is 20.4 Å². The second-order valence-corrected chi connectivity index (χ2v) is 7.62. The first kappa shape index (κ1) is 21.9. The Kier molecular flexibility index (Phi) is 8.04. The fraction of sp³-hybridized carbons (Fsp3) is 0.579. The lowest BCUT2D eigenvalue weighted by atomic mass is 9.95. The molecule has 1 aromatic rings. The number of piperidine rings is 1. The monoisotopic (exact) mass is 410 g/mol. The molecule has 1 aliphatic heterocycles. The zero-order valence-corrected chi connectivity index (χ0v) is 17.2. The summed E-state index contributed by atoms with van der Waals surface area (Å²) in [6.45, 7) is 5.34. The van der Waals surface area contributed by atoms with Crippen LogP contribution in [-0.4, -0.2) is 60.6 Å². The molecule has 0 spiro atoms. The van der Waals surface area contributed by atoms with Crippen LogP contribution in [0.1, 0.15) is 37.0 Å². The van der Waals surface area contributed by atoms with E-state index in [0.29, 0.717) is 30.2 Å². The van der Waals surface area contributed by atoms with Gasteiger partial charge in [0.25, 0.3) is 5.91 Å². The Morgan fingerprint density at radius 3 is 2.79 bits per heavy atom. The SMILES string of the molecule is COC(=O)N[C@H](C(=O)N1CCC[C@H](CNC(=O)c2ccncc2Cl)C1)C(C)C. The minimum absolute atomic E-state index is 0.0690. The molecular formula is C19H27ClN4O4. The number of likely N-dealkylation sites (tertiary alicyclic amines) is 1. The van der Waals surface area contributed by atoms with Gasteiger partial charge in [0.1, 0.15) is 6.04 Å². The third-order valence-corrected chi connectivity index (χ3v) is 5.09. The largest absolute Gasteiger partial charge is 0.453 e. The summed E-state index contributed by atoms with van der Waals surface area (Å²) in [4.78, 5) is 42.4. The highest BCUT2D eigenvalue weighted by molar-refractivity contribution is 6.33. The number of hydrogen-bond donors (Lipinski definition) is 2. The van der Waals surface area contributed by atoms with Gasteiger partial charge in [0.15, 0.2) is 0 Å². The third-order valence-electron chi connectivity index (χ3n) is 4.79. The normalized spacial score (nSPS) is 17.8. The molecule has 0 saturated carbocycles. The Labute approximate surface area is 170 Å². The van der Waals surface area contributed by atoms with E-state index >= 15 is 0 Å². The number of alkyl carbamates (subject to hydrolysis) is 1. The van der Waals surface area contributed by atoms with Crippen LogP contribution in [0.4, 0.5) is 4.79 Å². The highest BCUT2D eigenvalue weighted by Crippen LogP contribution is 2.19. The number of halogens is 1. The molecule has 1 fully saturated rings. The van der Waals surface area contributed by atoms with Gasteiger partial charge in [0, 0.05) is 32.0 Å². The minimum atomic E-state index is -0.642. The number of ether oxygens (including phenoxy) is 1. The molecule has 1 saturated heterocycles. The molecule has 0 bridgehead atoms. The van der Waals surface area contributed by atoms with Gasteiger partial charge in [-0.15, -0.1) is 0 Å². The first-order valence-electron chi connectivity index (χ1n) is 9.34. The van der Waals surface area contributed by atoms with Crippen LogP contribution in [0.3, 0.4) is 0 Å². The van der Waals surface area contributed by atoms with Gasteiger partial charge in [-0.2, -0.15) is 0 Å². The topological polar surface area (TPSA) is 101 Å². The first-order valence-corrected chi connectivity index (χ1v) is 9.72. The van der Waals surface area contributed by atoms with Crippen LogP contribution in [0.15, 0.2) is 18.5 Å². The van der Waals surface area contributed by atoms with Crippen LogP contribution in [0.2, 0.25) is 5.02 Å². The predicted molar refractivity (Wildman–Crippen MR) is 105 cm³/mol. The van der Waals surface area contributed by atoms with E-state index in [-0.39, 0.29) is 23.7 Å². The molecule has 0 aromatic carbocycles. The number of amides is 3. The van der Waals surface area contributed by atoms with Crippen LogP contribution >= 0.6 is 11.6 Å². The summed E-state index contributed by atoms with van der Waals surface area (Å²) in [6.07, 6.45) is 4.07. The van der Waals surface area contributed by atoms with E-state index in [1.165, 1.54) is 19.5 Å². The van der Waals surface area contributed by atoms with Gasteiger partial charge < -0.3 is 20.3 Å². The number of hydrogen-bond acceptors (Lipinski definition) is 5. The summed E-state index contributed by atoms with van der Waals surface area (Å²) in [7, 11) is 1.27. The van der Waals surface area contributed by atoms with E-state index in [0.717, 1.165) is 12.8 Å². The number of methoxy groups -OCH3 is 1. The van der Waals surface area contributed by atoms with Crippen LogP contribution in [0, 0.1) is 11.8 Å². The van der Waals surface area contributed by atoms with E-state index in [4.69, 9.17) is 11.6 Å². The molecule has 2 rings (SSSR count). The Bertz CT molecular complexity index is 713. The Hall–Kier alpha value is -2.35. The van der Waals surface area contributed by atoms with Crippen molar-refractivity contribution < 1.29 is 19.1 Å². The standard InChI is InChI=1S/C19H27ClN4O4/c1-12(2)16(23-19(27)28-3)18(26)24-8-4-5-13(11-24)9-22-17(25)14-6-7-21-10-15(14)20/h6-7,10,12-13,16H,4-5,8-9,11H2,1-3H3,(H,22,25)(H,23,27)/t13-,16+/m1/s1. The molecule has 0 unspecified atom stereocenters. The second-order valence-electron chi connectivity index (χ2n) is 7.22. The van der Waals surface area contributed by atoms with Gasteiger partial charge in [0.05, 0.1) is 17.7 Å². The molecule has 1 aliphatic rings. The lowest BCUT2D eigenvalue weighted by Gasteiger charge is -2.36. The molecule has 0 aliphatic carbocycles. The predicted octanol–water partition coefficient (Wildman–Crippen LogP) is 2.08. The Balaban J connectivity index is 1.93. The van der Waals surface area contributed by atoms with Crippen molar-refractivity contribution in [1.82, 2.24) is 20.5 Å². The van der Waals surface area contributed by atoms with Crippen molar-refractivity contribution in [3.05, 3.63) is 29.0 Å². The molecule has 2 N–H and O–H groups in total. The maximum Gasteiger partial charge on any atom is 0.407 e. The number of nitrogens with one attached hydrogen (secondary N) is 2. The quantitative estimate of drug-likeness (QED) is 0.747. The lowest BCUT2D eigenvalue weighted by Crippen LogP contribution is -2.54. The first-order chi connectivity index (χ1) is 13.3. The zero-order valence-electron chi connectivity index (χ0n) is 16.4. The van der Waals surface area contributed by atoms with Crippen molar-refractivity contribution >= 4 is 29.5 Å². The zero-order chi connectivity index (χ0) is 20.7. The summed E-state index contributed by atoms with van der Waals surface area (Å²) >= 11 is 6.00. The molecule has 8 nitrogen and oxygen atoms in total. The van der Waals surface area contributed by atoms with Crippen LogP contribution in [-0.2, 0) is 9.53 Å². The Morgan fingerprint density at radius 1 is 1.39 bits per heavy atom. The molecule has 9 heteroatoms. The molecule has 2 atom stereocenters. The van der Waals surface area contributed by atoms with E-state index in [1.54, 1.807) is 11.0 Å². The fourth-order valence-electron chi connectivity index (χ4n) is 3.22. The highest BCUT2D eigenvalue weighted by Gasteiger charge is 2.32. The van der Waals surface area contributed by atoms with Crippen molar-refractivity contribution in [2.45, 2.75) is 32.7 Å². The summed E-state index contributed by atoms with van der Waals surface area (Å²) in [5.74, 6) is -0.328. The van der Waals surface area contributed by atoms with Gasteiger partial charge in [0.2, 0.25) is 5.91 Å². The van der Waals surface area contributed by atoms with Crippen molar-refractivity contribution in [2.24, 2.45) is 11.8 Å². The minimum Gasteiger partial charge on any atom is -0.453 e. The highest BCUT2D eigenvalue weighted by atomic mass is 35.5. The van der Waals surface area contributed by atoms with Gasteiger partial charge in [-0.25, -0.2) is 4.79 Å². The average Bonchev–Trinajstić information content (AvgIpc) is 2.69. The average molecular weight is 411 g/mol. The summed E-state index contributed by atoms with van der Waals surface area (Å²) in [5.41, 5.74) is 0.377.